The Hall–Kier alpha value is -1.90. The first-order valence-electron chi connectivity index (χ1n) is 6.52. The van der Waals surface area contributed by atoms with Gasteiger partial charge in [0, 0.05) is 16.1 Å². The largest absolute Gasteiger partial charge is 0.320 e. The molecule has 0 aliphatic carbocycles. The predicted octanol–water partition coefficient (Wildman–Crippen LogP) is 4.24. The SMILES string of the molecule is Cc1ccc2cc(C(N)c3ccc(Cl)cc3)ccc2n1. The number of hydrogen-bond acceptors (Lipinski definition) is 2. The lowest BCUT2D eigenvalue weighted by atomic mass is 9.98. The molecule has 1 atom stereocenters. The van der Waals surface area contributed by atoms with E-state index in [2.05, 4.69) is 17.1 Å². The van der Waals surface area contributed by atoms with Gasteiger partial charge >= 0.3 is 0 Å². The van der Waals surface area contributed by atoms with Crippen molar-refractivity contribution < 1.29 is 0 Å². The molecule has 1 aromatic heterocycles. The number of pyridine rings is 1. The van der Waals surface area contributed by atoms with Gasteiger partial charge in [-0.1, -0.05) is 35.9 Å². The highest BCUT2D eigenvalue weighted by Gasteiger charge is 2.09. The summed E-state index contributed by atoms with van der Waals surface area (Å²) in [6.45, 7) is 1.99. The van der Waals surface area contributed by atoms with Crippen LogP contribution in [-0.2, 0) is 0 Å². The molecule has 3 heteroatoms. The Morgan fingerprint density at radius 2 is 1.65 bits per heavy atom. The molecular weight excluding hydrogens is 268 g/mol. The van der Waals surface area contributed by atoms with Crippen molar-refractivity contribution in [3.8, 4) is 0 Å². The van der Waals surface area contributed by atoms with E-state index in [9.17, 15) is 0 Å². The standard InChI is InChI=1S/C17H15ClN2/c1-11-2-3-13-10-14(6-9-16(13)20-11)17(19)12-4-7-15(18)8-5-12/h2-10,17H,19H2,1H3. The molecule has 1 unspecified atom stereocenters. The van der Waals surface area contributed by atoms with Crippen LogP contribution in [0.1, 0.15) is 22.9 Å². The van der Waals surface area contributed by atoms with Gasteiger partial charge in [-0.2, -0.15) is 0 Å². The van der Waals surface area contributed by atoms with Gasteiger partial charge in [0.2, 0.25) is 0 Å². The van der Waals surface area contributed by atoms with E-state index in [1.807, 2.05) is 49.4 Å². The van der Waals surface area contributed by atoms with E-state index in [-0.39, 0.29) is 6.04 Å². The molecule has 2 N–H and O–H groups in total. The minimum absolute atomic E-state index is 0.155. The second-order valence-corrected chi connectivity index (χ2v) is 5.37. The maximum absolute atomic E-state index is 6.32. The van der Waals surface area contributed by atoms with E-state index >= 15 is 0 Å². The van der Waals surface area contributed by atoms with E-state index in [1.165, 1.54) is 0 Å². The van der Waals surface area contributed by atoms with Gasteiger partial charge in [-0.3, -0.25) is 4.98 Å². The average Bonchev–Trinajstić information content (AvgIpc) is 2.47. The molecule has 0 saturated heterocycles. The van der Waals surface area contributed by atoms with E-state index in [0.717, 1.165) is 32.7 Å². The topological polar surface area (TPSA) is 38.9 Å². The van der Waals surface area contributed by atoms with Gasteiger partial charge in [0.1, 0.15) is 0 Å². The van der Waals surface area contributed by atoms with Gasteiger partial charge in [-0.05, 0) is 48.4 Å². The summed E-state index contributed by atoms with van der Waals surface area (Å²) in [6.07, 6.45) is 0. The highest BCUT2D eigenvalue weighted by atomic mass is 35.5. The van der Waals surface area contributed by atoms with Crippen LogP contribution in [0, 0.1) is 6.92 Å². The number of halogens is 1. The van der Waals surface area contributed by atoms with Crippen molar-refractivity contribution in [3.05, 3.63) is 76.4 Å². The zero-order chi connectivity index (χ0) is 14.1. The molecule has 3 aromatic rings. The van der Waals surface area contributed by atoms with Crippen molar-refractivity contribution in [1.29, 1.82) is 0 Å². The number of aryl methyl sites for hydroxylation is 1. The molecule has 0 aliphatic rings. The Labute approximate surface area is 123 Å². The van der Waals surface area contributed by atoms with Gasteiger partial charge in [0.15, 0.2) is 0 Å². The number of hydrogen-bond donors (Lipinski definition) is 1. The molecule has 0 fully saturated rings. The third-order valence-corrected chi connectivity index (χ3v) is 3.69. The fourth-order valence-corrected chi connectivity index (χ4v) is 2.43. The molecule has 0 aliphatic heterocycles. The van der Waals surface area contributed by atoms with Crippen molar-refractivity contribution >= 4 is 22.5 Å². The van der Waals surface area contributed by atoms with Crippen LogP contribution in [-0.4, -0.2) is 4.98 Å². The molecule has 3 rings (SSSR count). The van der Waals surface area contributed by atoms with Gasteiger partial charge < -0.3 is 5.73 Å². The summed E-state index contributed by atoms with van der Waals surface area (Å²) in [5, 5.41) is 1.83. The smallest absolute Gasteiger partial charge is 0.0705 e. The van der Waals surface area contributed by atoms with Gasteiger partial charge in [-0.25, -0.2) is 0 Å². The Morgan fingerprint density at radius 1 is 0.950 bits per heavy atom. The van der Waals surface area contributed by atoms with Gasteiger partial charge in [-0.15, -0.1) is 0 Å². The van der Waals surface area contributed by atoms with E-state index < -0.39 is 0 Å². The van der Waals surface area contributed by atoms with Gasteiger partial charge in [0.05, 0.1) is 11.6 Å². The molecule has 0 amide bonds. The second-order valence-electron chi connectivity index (χ2n) is 4.93. The lowest BCUT2D eigenvalue weighted by Gasteiger charge is -2.13. The fraction of sp³-hybridized carbons (Fsp3) is 0.118. The normalized spacial score (nSPS) is 12.6. The Kier molecular flexibility index (Phi) is 3.43. The number of aromatic nitrogens is 1. The lowest BCUT2D eigenvalue weighted by molar-refractivity contribution is 0.873. The van der Waals surface area contributed by atoms with Crippen LogP contribution in [0.5, 0.6) is 0 Å². The summed E-state index contributed by atoms with van der Waals surface area (Å²) in [5.41, 5.74) is 10.5. The molecule has 0 saturated carbocycles. The van der Waals surface area contributed by atoms with E-state index in [1.54, 1.807) is 0 Å². The van der Waals surface area contributed by atoms with Crippen molar-refractivity contribution in [2.75, 3.05) is 0 Å². The van der Waals surface area contributed by atoms with Crippen LogP contribution in [0.4, 0.5) is 0 Å². The first-order valence-corrected chi connectivity index (χ1v) is 6.89. The van der Waals surface area contributed by atoms with Crippen LogP contribution in [0.25, 0.3) is 10.9 Å². The quantitative estimate of drug-likeness (QED) is 0.763. The molecule has 20 heavy (non-hydrogen) atoms. The summed E-state index contributed by atoms with van der Waals surface area (Å²) in [6, 6.07) is 17.7. The maximum atomic E-state index is 6.32. The number of nitrogens with zero attached hydrogens (tertiary/aromatic N) is 1. The Bertz CT molecular complexity index is 751. The highest BCUT2D eigenvalue weighted by molar-refractivity contribution is 6.30. The number of benzene rings is 2. The summed E-state index contributed by atoms with van der Waals surface area (Å²) in [4.78, 5) is 4.50. The molecular formula is C17H15ClN2. The summed E-state index contributed by atoms with van der Waals surface area (Å²) >= 11 is 5.91. The minimum Gasteiger partial charge on any atom is -0.320 e. The van der Waals surface area contributed by atoms with Gasteiger partial charge in [0.25, 0.3) is 0 Å². The highest BCUT2D eigenvalue weighted by Crippen LogP contribution is 2.24. The monoisotopic (exact) mass is 282 g/mol. The first kappa shape index (κ1) is 13.1. The van der Waals surface area contributed by atoms with Crippen LogP contribution < -0.4 is 5.73 Å². The summed E-state index contributed by atoms with van der Waals surface area (Å²) < 4.78 is 0. The third-order valence-electron chi connectivity index (χ3n) is 3.44. The molecule has 2 nitrogen and oxygen atoms in total. The van der Waals surface area contributed by atoms with Crippen LogP contribution in [0.3, 0.4) is 0 Å². The molecule has 0 bridgehead atoms. The Balaban J connectivity index is 2.01. The summed E-state index contributed by atoms with van der Waals surface area (Å²) in [7, 11) is 0. The molecule has 0 radical (unpaired) electrons. The number of nitrogens with two attached hydrogens (primary N) is 1. The average molecular weight is 283 g/mol. The molecule has 1 heterocycles. The zero-order valence-electron chi connectivity index (χ0n) is 11.2. The fourth-order valence-electron chi connectivity index (χ4n) is 2.30. The van der Waals surface area contributed by atoms with Crippen molar-refractivity contribution in [3.63, 3.8) is 0 Å². The van der Waals surface area contributed by atoms with Crippen molar-refractivity contribution in [2.45, 2.75) is 13.0 Å². The first-order chi connectivity index (χ1) is 9.63. The number of fused-ring (bicyclic) bond motifs is 1. The zero-order valence-corrected chi connectivity index (χ0v) is 11.9. The number of rotatable bonds is 2. The summed E-state index contributed by atoms with van der Waals surface area (Å²) in [5.74, 6) is 0. The lowest BCUT2D eigenvalue weighted by Crippen LogP contribution is -2.11. The van der Waals surface area contributed by atoms with Crippen molar-refractivity contribution in [2.24, 2.45) is 5.73 Å². The Morgan fingerprint density at radius 3 is 2.40 bits per heavy atom. The van der Waals surface area contributed by atoms with Crippen molar-refractivity contribution in [1.82, 2.24) is 4.98 Å². The van der Waals surface area contributed by atoms with E-state index in [0.29, 0.717) is 0 Å². The molecule has 2 aromatic carbocycles. The second kappa shape index (κ2) is 5.23. The maximum Gasteiger partial charge on any atom is 0.0705 e. The van der Waals surface area contributed by atoms with E-state index in [4.69, 9.17) is 17.3 Å². The van der Waals surface area contributed by atoms with Crippen LogP contribution in [0.15, 0.2) is 54.6 Å². The predicted molar refractivity (Wildman–Crippen MR) is 84.0 cm³/mol. The molecule has 0 spiro atoms. The van der Waals surface area contributed by atoms with Crippen LogP contribution >= 0.6 is 11.6 Å². The minimum atomic E-state index is -0.155. The third kappa shape index (κ3) is 2.53. The molecule has 100 valence electrons. The van der Waals surface area contributed by atoms with Crippen LogP contribution in [0.2, 0.25) is 5.02 Å².